The van der Waals surface area contributed by atoms with E-state index in [-0.39, 0.29) is 0 Å². The highest BCUT2D eigenvalue weighted by Crippen LogP contribution is 2.12. The minimum Gasteiger partial charge on any atom is -0.369 e. The minimum atomic E-state index is 0.695. The van der Waals surface area contributed by atoms with Gasteiger partial charge in [-0.3, -0.25) is 0 Å². The van der Waals surface area contributed by atoms with Gasteiger partial charge < -0.3 is 10.6 Å². The van der Waals surface area contributed by atoms with Crippen LogP contribution in [0.2, 0.25) is 0 Å². The molecule has 0 heterocycles. The van der Waals surface area contributed by atoms with E-state index in [0.29, 0.717) is 6.54 Å². The molecule has 0 saturated heterocycles. The van der Waals surface area contributed by atoms with Gasteiger partial charge in [-0.15, -0.1) is 0 Å². The summed E-state index contributed by atoms with van der Waals surface area (Å²) in [5, 5.41) is 0. The Bertz CT molecular complexity index is 288. The molecule has 14 heavy (non-hydrogen) atoms. The number of nitrogens with two attached hydrogens (primary N) is 1. The molecular formula is C11H17N3. The second-order valence-electron chi connectivity index (χ2n) is 3.41. The lowest BCUT2D eigenvalue weighted by atomic mass is 10.1. The summed E-state index contributed by atoms with van der Waals surface area (Å²) in [7, 11) is 3.90. The van der Waals surface area contributed by atoms with E-state index in [4.69, 9.17) is 5.73 Å². The molecule has 0 aliphatic carbocycles. The van der Waals surface area contributed by atoms with Gasteiger partial charge in [0.15, 0.2) is 0 Å². The molecule has 0 saturated carbocycles. The van der Waals surface area contributed by atoms with E-state index >= 15 is 0 Å². The number of benzene rings is 1. The lowest BCUT2D eigenvalue weighted by Gasteiger charge is -2.02. The molecule has 0 radical (unpaired) electrons. The second-order valence-corrected chi connectivity index (χ2v) is 3.41. The third-order valence-corrected chi connectivity index (χ3v) is 1.81. The van der Waals surface area contributed by atoms with Crippen molar-refractivity contribution in [2.24, 2.45) is 10.7 Å². The van der Waals surface area contributed by atoms with Crippen molar-refractivity contribution in [1.82, 2.24) is 4.90 Å². The predicted octanol–water partition coefficient (Wildman–Crippen LogP) is 1.41. The number of aliphatic imine (C=N–C) groups is 1. The van der Waals surface area contributed by atoms with Crippen molar-refractivity contribution >= 4 is 12.0 Å². The SMILES string of the molecule is CN(C)C=Nc1ccc(CCN)cc1. The molecule has 3 heteroatoms. The van der Waals surface area contributed by atoms with Gasteiger partial charge in [0.1, 0.15) is 0 Å². The van der Waals surface area contributed by atoms with Gasteiger partial charge >= 0.3 is 0 Å². The molecule has 2 N–H and O–H groups in total. The molecule has 0 atom stereocenters. The third kappa shape index (κ3) is 3.58. The van der Waals surface area contributed by atoms with E-state index in [1.807, 2.05) is 31.1 Å². The molecule has 1 aromatic rings. The number of hydrogen-bond acceptors (Lipinski definition) is 2. The van der Waals surface area contributed by atoms with Crippen LogP contribution in [0.4, 0.5) is 5.69 Å². The van der Waals surface area contributed by atoms with Crippen LogP contribution in [-0.4, -0.2) is 31.9 Å². The fourth-order valence-corrected chi connectivity index (χ4v) is 1.10. The molecule has 0 amide bonds. The molecule has 1 rings (SSSR count). The van der Waals surface area contributed by atoms with Crippen molar-refractivity contribution < 1.29 is 0 Å². The summed E-state index contributed by atoms with van der Waals surface area (Å²) in [6.07, 6.45) is 2.72. The van der Waals surface area contributed by atoms with E-state index in [2.05, 4.69) is 17.1 Å². The summed E-state index contributed by atoms with van der Waals surface area (Å²) in [4.78, 5) is 6.19. The van der Waals surface area contributed by atoms with Gasteiger partial charge in [-0.2, -0.15) is 0 Å². The molecule has 0 bridgehead atoms. The lowest BCUT2D eigenvalue weighted by Crippen LogP contribution is -2.06. The molecule has 0 fully saturated rings. The Morgan fingerprint density at radius 1 is 1.29 bits per heavy atom. The average Bonchev–Trinajstić information content (AvgIpc) is 2.17. The van der Waals surface area contributed by atoms with Crippen LogP contribution in [-0.2, 0) is 6.42 Å². The maximum atomic E-state index is 5.46. The van der Waals surface area contributed by atoms with Crippen LogP contribution in [0.5, 0.6) is 0 Å². The Hall–Kier alpha value is -1.35. The van der Waals surface area contributed by atoms with E-state index in [9.17, 15) is 0 Å². The molecule has 0 unspecified atom stereocenters. The van der Waals surface area contributed by atoms with Crippen molar-refractivity contribution in [2.75, 3.05) is 20.6 Å². The Kier molecular flexibility index (Phi) is 4.13. The second kappa shape index (κ2) is 5.40. The highest BCUT2D eigenvalue weighted by molar-refractivity contribution is 5.60. The van der Waals surface area contributed by atoms with Gasteiger partial charge in [-0.1, -0.05) is 12.1 Å². The minimum absolute atomic E-state index is 0.695. The monoisotopic (exact) mass is 191 g/mol. The zero-order valence-electron chi connectivity index (χ0n) is 8.77. The van der Waals surface area contributed by atoms with Crippen LogP contribution in [0.3, 0.4) is 0 Å². The number of rotatable bonds is 4. The van der Waals surface area contributed by atoms with E-state index in [0.717, 1.165) is 12.1 Å². The van der Waals surface area contributed by atoms with E-state index < -0.39 is 0 Å². The van der Waals surface area contributed by atoms with Gasteiger partial charge in [0.2, 0.25) is 0 Å². The Morgan fingerprint density at radius 2 is 1.93 bits per heavy atom. The Labute approximate surface area is 85.3 Å². The van der Waals surface area contributed by atoms with Gasteiger partial charge in [0.25, 0.3) is 0 Å². The van der Waals surface area contributed by atoms with Crippen LogP contribution in [0, 0.1) is 0 Å². The molecule has 0 aromatic heterocycles. The van der Waals surface area contributed by atoms with Crippen LogP contribution in [0.25, 0.3) is 0 Å². The Morgan fingerprint density at radius 3 is 2.43 bits per heavy atom. The molecule has 0 aliphatic rings. The topological polar surface area (TPSA) is 41.6 Å². The van der Waals surface area contributed by atoms with Crippen molar-refractivity contribution in [1.29, 1.82) is 0 Å². The summed E-state index contributed by atoms with van der Waals surface area (Å²) in [6, 6.07) is 8.14. The number of hydrogen-bond donors (Lipinski definition) is 1. The highest BCUT2D eigenvalue weighted by atomic mass is 15.1. The van der Waals surface area contributed by atoms with Crippen molar-refractivity contribution in [3.05, 3.63) is 29.8 Å². The van der Waals surface area contributed by atoms with Gasteiger partial charge in [-0.25, -0.2) is 4.99 Å². The van der Waals surface area contributed by atoms with Crippen LogP contribution in [0.15, 0.2) is 29.3 Å². The standard InChI is InChI=1S/C11H17N3/c1-14(2)9-13-11-5-3-10(4-6-11)7-8-12/h3-6,9H,7-8,12H2,1-2H3. The first kappa shape index (κ1) is 10.7. The van der Waals surface area contributed by atoms with Crippen molar-refractivity contribution in [2.45, 2.75) is 6.42 Å². The zero-order valence-corrected chi connectivity index (χ0v) is 8.77. The zero-order chi connectivity index (χ0) is 10.4. The van der Waals surface area contributed by atoms with Crippen LogP contribution in [0.1, 0.15) is 5.56 Å². The first-order valence-electron chi connectivity index (χ1n) is 4.72. The fraction of sp³-hybridized carbons (Fsp3) is 0.364. The van der Waals surface area contributed by atoms with Crippen LogP contribution >= 0.6 is 0 Å². The summed E-state index contributed by atoms with van der Waals surface area (Å²) in [6.45, 7) is 0.695. The highest BCUT2D eigenvalue weighted by Gasteiger charge is 1.91. The number of nitrogens with zero attached hydrogens (tertiary/aromatic N) is 2. The van der Waals surface area contributed by atoms with Crippen molar-refractivity contribution in [3.63, 3.8) is 0 Å². The summed E-state index contributed by atoms with van der Waals surface area (Å²) in [5.41, 5.74) is 7.69. The maximum absolute atomic E-state index is 5.46. The Balaban J connectivity index is 2.64. The molecule has 1 aromatic carbocycles. The molecule has 3 nitrogen and oxygen atoms in total. The fourth-order valence-electron chi connectivity index (χ4n) is 1.10. The molecule has 76 valence electrons. The normalized spacial score (nSPS) is 10.8. The lowest BCUT2D eigenvalue weighted by molar-refractivity contribution is 0.643. The molecule has 0 aliphatic heterocycles. The molecule has 0 spiro atoms. The first-order valence-corrected chi connectivity index (χ1v) is 4.72. The summed E-state index contributed by atoms with van der Waals surface area (Å²) in [5.74, 6) is 0. The van der Waals surface area contributed by atoms with Gasteiger partial charge in [0.05, 0.1) is 12.0 Å². The molecular weight excluding hydrogens is 174 g/mol. The van der Waals surface area contributed by atoms with E-state index in [1.165, 1.54) is 5.56 Å². The van der Waals surface area contributed by atoms with Crippen molar-refractivity contribution in [3.8, 4) is 0 Å². The van der Waals surface area contributed by atoms with E-state index in [1.54, 1.807) is 6.34 Å². The van der Waals surface area contributed by atoms with Crippen LogP contribution < -0.4 is 5.73 Å². The maximum Gasteiger partial charge on any atom is 0.0907 e. The smallest absolute Gasteiger partial charge is 0.0907 e. The third-order valence-electron chi connectivity index (χ3n) is 1.81. The van der Waals surface area contributed by atoms with Gasteiger partial charge in [0, 0.05) is 14.1 Å². The largest absolute Gasteiger partial charge is 0.369 e. The average molecular weight is 191 g/mol. The van der Waals surface area contributed by atoms with Gasteiger partial charge in [-0.05, 0) is 30.7 Å². The first-order chi connectivity index (χ1) is 6.72. The summed E-state index contributed by atoms with van der Waals surface area (Å²) >= 11 is 0. The quantitative estimate of drug-likeness (QED) is 0.577. The predicted molar refractivity (Wildman–Crippen MR) is 61.0 cm³/mol. The summed E-state index contributed by atoms with van der Waals surface area (Å²) < 4.78 is 0.